The maximum absolute atomic E-state index is 11.1. The molecule has 1 aromatic carbocycles. The lowest BCUT2D eigenvalue weighted by molar-refractivity contribution is -0.131. The number of benzene rings is 1. The van der Waals surface area contributed by atoms with Gasteiger partial charge in [0.15, 0.2) is 5.16 Å². The summed E-state index contributed by atoms with van der Waals surface area (Å²) in [6.07, 6.45) is 5.09. The molecule has 0 aliphatic heterocycles. The van der Waals surface area contributed by atoms with E-state index < -0.39 is 0 Å². The first-order chi connectivity index (χ1) is 10.7. The number of hydrogen-bond acceptors (Lipinski definition) is 6. The molecule has 22 heavy (non-hydrogen) atoms. The van der Waals surface area contributed by atoms with Crippen LogP contribution in [0.15, 0.2) is 29.4 Å². The van der Waals surface area contributed by atoms with Gasteiger partial charge in [0.1, 0.15) is 11.6 Å². The molecule has 5 nitrogen and oxygen atoms in total. The number of hydrogen-bond donors (Lipinski definition) is 1. The van der Waals surface area contributed by atoms with Crippen LogP contribution in [0.2, 0.25) is 0 Å². The van der Waals surface area contributed by atoms with Crippen molar-refractivity contribution in [3.8, 4) is 5.75 Å². The Hall–Kier alpha value is -2.08. The Morgan fingerprint density at radius 1 is 1.32 bits per heavy atom. The normalized spacial score (nSPS) is 12.8. The molecule has 1 aliphatic rings. The molecule has 0 atom stereocenters. The number of esters is 1. The fraction of sp³-hybridized carbons (Fsp3) is 0.312. The van der Waals surface area contributed by atoms with Crippen molar-refractivity contribution in [3.05, 3.63) is 35.5 Å². The molecule has 0 fully saturated rings. The van der Waals surface area contributed by atoms with Crippen LogP contribution in [-0.4, -0.2) is 22.2 Å². The summed E-state index contributed by atoms with van der Waals surface area (Å²) in [6, 6.07) is 7.32. The minimum absolute atomic E-state index is 0.329. The largest absolute Gasteiger partial charge is 0.427 e. The maximum Gasteiger partial charge on any atom is 0.308 e. The minimum atomic E-state index is -0.329. The number of nitrogens with zero attached hydrogens (tertiary/aromatic N) is 2. The van der Waals surface area contributed by atoms with Gasteiger partial charge in [-0.05, 0) is 37.7 Å². The number of nitrogens with one attached hydrogen (secondary N) is 1. The van der Waals surface area contributed by atoms with Crippen LogP contribution in [0.3, 0.4) is 0 Å². The Bertz CT molecular complexity index is 719. The summed E-state index contributed by atoms with van der Waals surface area (Å²) in [5.74, 6) is 1.05. The number of ether oxygens (including phenoxy) is 1. The molecule has 0 amide bonds. The monoisotopic (exact) mass is 315 g/mol. The van der Waals surface area contributed by atoms with Gasteiger partial charge >= 0.3 is 5.97 Å². The summed E-state index contributed by atoms with van der Waals surface area (Å²) in [4.78, 5) is 20.2. The van der Waals surface area contributed by atoms with Gasteiger partial charge in [-0.2, -0.15) is 0 Å². The van der Waals surface area contributed by atoms with Crippen LogP contribution in [0.5, 0.6) is 5.75 Å². The van der Waals surface area contributed by atoms with E-state index in [0.29, 0.717) is 5.75 Å². The summed E-state index contributed by atoms with van der Waals surface area (Å²) < 4.78 is 5.11. The maximum atomic E-state index is 11.1. The molecular weight excluding hydrogens is 298 g/mol. The molecule has 0 bridgehead atoms. The summed E-state index contributed by atoms with van der Waals surface area (Å²) in [5, 5.41) is 4.11. The average molecular weight is 315 g/mol. The predicted octanol–water partition coefficient (Wildman–Crippen LogP) is 3.36. The lowest BCUT2D eigenvalue weighted by atomic mass is 10.2. The van der Waals surface area contributed by atoms with E-state index in [1.807, 2.05) is 18.4 Å². The van der Waals surface area contributed by atoms with Crippen molar-refractivity contribution in [1.29, 1.82) is 0 Å². The highest BCUT2D eigenvalue weighted by molar-refractivity contribution is 7.98. The smallest absolute Gasteiger partial charge is 0.308 e. The van der Waals surface area contributed by atoms with E-state index in [1.165, 1.54) is 24.2 Å². The second-order valence-electron chi connectivity index (χ2n) is 5.08. The highest BCUT2D eigenvalue weighted by Crippen LogP contribution is 2.31. The quantitative estimate of drug-likeness (QED) is 0.404. The third-order valence-corrected chi connectivity index (χ3v) is 4.00. The zero-order chi connectivity index (χ0) is 15.5. The van der Waals surface area contributed by atoms with Crippen LogP contribution < -0.4 is 10.1 Å². The number of anilines is 2. The molecule has 2 aromatic rings. The molecule has 0 unspecified atom stereocenters. The molecular formula is C16H17N3O2S. The SMILES string of the molecule is CSc1nc2c(c(Nc3cccc(OC(C)=O)c3)n1)CCC2. The van der Waals surface area contributed by atoms with Gasteiger partial charge < -0.3 is 10.1 Å². The molecule has 1 aromatic heterocycles. The van der Waals surface area contributed by atoms with Gasteiger partial charge in [-0.1, -0.05) is 17.8 Å². The van der Waals surface area contributed by atoms with Crippen molar-refractivity contribution in [2.45, 2.75) is 31.3 Å². The van der Waals surface area contributed by atoms with Crippen molar-refractivity contribution in [1.82, 2.24) is 9.97 Å². The van der Waals surface area contributed by atoms with Gasteiger partial charge in [-0.25, -0.2) is 9.97 Å². The molecule has 6 heteroatoms. The zero-order valence-corrected chi connectivity index (χ0v) is 13.4. The van der Waals surface area contributed by atoms with Gasteiger partial charge in [-0.3, -0.25) is 4.79 Å². The van der Waals surface area contributed by atoms with E-state index in [9.17, 15) is 4.79 Å². The fourth-order valence-corrected chi connectivity index (χ4v) is 2.93. The van der Waals surface area contributed by atoms with Crippen LogP contribution >= 0.6 is 11.8 Å². The van der Waals surface area contributed by atoms with E-state index in [-0.39, 0.29) is 5.97 Å². The molecule has 1 heterocycles. The summed E-state index contributed by atoms with van der Waals surface area (Å²) in [6.45, 7) is 1.39. The highest BCUT2D eigenvalue weighted by atomic mass is 32.2. The Balaban J connectivity index is 1.90. The first-order valence-corrected chi connectivity index (χ1v) is 8.37. The number of carbonyl (C=O) groups excluding carboxylic acids is 1. The molecule has 0 spiro atoms. The Morgan fingerprint density at radius 2 is 2.18 bits per heavy atom. The van der Waals surface area contributed by atoms with Crippen LogP contribution in [0.1, 0.15) is 24.6 Å². The zero-order valence-electron chi connectivity index (χ0n) is 12.5. The summed E-state index contributed by atoms with van der Waals surface area (Å²) >= 11 is 1.54. The van der Waals surface area contributed by atoms with Crippen molar-refractivity contribution in [3.63, 3.8) is 0 Å². The van der Waals surface area contributed by atoms with E-state index in [4.69, 9.17) is 4.74 Å². The topological polar surface area (TPSA) is 64.1 Å². The summed E-state index contributed by atoms with van der Waals surface area (Å²) in [5.41, 5.74) is 3.17. The first-order valence-electron chi connectivity index (χ1n) is 7.15. The number of thioether (sulfide) groups is 1. The highest BCUT2D eigenvalue weighted by Gasteiger charge is 2.19. The van der Waals surface area contributed by atoms with Crippen molar-refractivity contribution in [2.75, 3.05) is 11.6 Å². The molecule has 0 saturated heterocycles. The molecule has 1 aliphatic carbocycles. The second-order valence-corrected chi connectivity index (χ2v) is 5.86. The van der Waals surface area contributed by atoms with E-state index in [2.05, 4.69) is 15.3 Å². The molecule has 114 valence electrons. The van der Waals surface area contributed by atoms with Gasteiger partial charge in [-0.15, -0.1) is 0 Å². The second kappa shape index (κ2) is 6.36. The fourth-order valence-electron chi connectivity index (χ4n) is 2.54. The Labute approximate surface area is 133 Å². The van der Waals surface area contributed by atoms with E-state index in [1.54, 1.807) is 12.1 Å². The molecule has 3 rings (SSSR count). The third-order valence-electron chi connectivity index (χ3n) is 3.45. The van der Waals surface area contributed by atoms with Gasteiger partial charge in [0.2, 0.25) is 0 Å². The third kappa shape index (κ3) is 3.22. The van der Waals surface area contributed by atoms with Crippen LogP contribution in [-0.2, 0) is 17.6 Å². The lowest BCUT2D eigenvalue weighted by Gasteiger charge is -2.12. The standard InChI is InChI=1S/C16H17N3O2S/c1-10(20)21-12-6-3-5-11(9-12)17-15-13-7-4-8-14(13)18-16(19-15)22-2/h3,5-6,9H,4,7-8H2,1-2H3,(H,17,18,19). The van der Waals surface area contributed by atoms with Gasteiger partial charge in [0, 0.05) is 24.2 Å². The molecule has 1 N–H and O–H groups in total. The average Bonchev–Trinajstić information content (AvgIpc) is 2.95. The molecule has 0 saturated carbocycles. The van der Waals surface area contributed by atoms with Crippen LogP contribution in [0, 0.1) is 0 Å². The minimum Gasteiger partial charge on any atom is -0.427 e. The lowest BCUT2D eigenvalue weighted by Crippen LogP contribution is -2.04. The first kappa shape index (κ1) is 14.8. The van der Waals surface area contributed by atoms with Crippen LogP contribution in [0.25, 0.3) is 0 Å². The number of rotatable bonds is 4. The van der Waals surface area contributed by atoms with E-state index >= 15 is 0 Å². The Morgan fingerprint density at radius 3 is 2.95 bits per heavy atom. The number of aryl methyl sites for hydroxylation is 1. The molecule has 0 radical (unpaired) electrons. The van der Waals surface area contributed by atoms with Crippen LogP contribution in [0.4, 0.5) is 11.5 Å². The predicted molar refractivity (Wildman–Crippen MR) is 86.9 cm³/mol. The summed E-state index contributed by atoms with van der Waals surface area (Å²) in [7, 11) is 0. The van der Waals surface area contributed by atoms with Gasteiger partial charge in [0.05, 0.1) is 5.69 Å². The van der Waals surface area contributed by atoms with Crippen molar-refractivity contribution < 1.29 is 9.53 Å². The Kier molecular flexibility index (Phi) is 4.29. The van der Waals surface area contributed by atoms with Gasteiger partial charge in [0.25, 0.3) is 0 Å². The van der Waals surface area contributed by atoms with Crippen molar-refractivity contribution >= 4 is 29.2 Å². The number of carbonyl (C=O) groups is 1. The van der Waals surface area contributed by atoms with E-state index in [0.717, 1.165) is 41.6 Å². The number of aromatic nitrogens is 2. The number of fused-ring (bicyclic) bond motifs is 1. The van der Waals surface area contributed by atoms with Crippen molar-refractivity contribution in [2.24, 2.45) is 0 Å².